The van der Waals surface area contributed by atoms with Gasteiger partial charge in [-0.3, -0.25) is 4.79 Å². The van der Waals surface area contributed by atoms with Crippen molar-refractivity contribution in [2.75, 3.05) is 6.61 Å². The molecule has 1 fully saturated rings. The maximum Gasteiger partial charge on any atom is 0.511 e. The zero-order valence-corrected chi connectivity index (χ0v) is 15.6. The van der Waals surface area contributed by atoms with Crippen LogP contribution in [-0.4, -0.2) is 30.3 Å². The minimum atomic E-state index is -1.56. The van der Waals surface area contributed by atoms with E-state index in [0.717, 1.165) is 6.08 Å². The van der Waals surface area contributed by atoms with Gasteiger partial charge in [0, 0.05) is 19.4 Å². The Morgan fingerprint density at radius 2 is 1.56 bits per heavy atom. The lowest BCUT2D eigenvalue weighted by molar-refractivity contribution is -0.197. The van der Waals surface area contributed by atoms with Gasteiger partial charge in [0.05, 0.1) is 12.2 Å². The van der Waals surface area contributed by atoms with E-state index < -0.39 is 23.7 Å². The summed E-state index contributed by atoms with van der Waals surface area (Å²) < 4.78 is 15.0. The summed E-state index contributed by atoms with van der Waals surface area (Å²) >= 11 is 0. The standard InChI is InChI=1S/C17H24O8/c1-10(8-12(18)11(2)14-24-25-14)13(19)22-17(6,7)23-15(20)21-9-16(3,4)5/h8H,9H2,1-7H3/b10-8+. The van der Waals surface area contributed by atoms with Gasteiger partial charge in [0.15, 0.2) is 5.78 Å². The summed E-state index contributed by atoms with van der Waals surface area (Å²) in [7, 11) is 0. The van der Waals surface area contributed by atoms with E-state index in [9.17, 15) is 14.4 Å². The van der Waals surface area contributed by atoms with Gasteiger partial charge in [-0.2, -0.15) is 0 Å². The molecule has 25 heavy (non-hydrogen) atoms. The maximum atomic E-state index is 12.0. The molecule has 140 valence electrons. The monoisotopic (exact) mass is 356 g/mol. The lowest BCUT2D eigenvalue weighted by Crippen LogP contribution is -2.35. The summed E-state index contributed by atoms with van der Waals surface area (Å²) in [6.45, 7) is 11.5. The Hall–Kier alpha value is -2.51. The number of carbonyl (C=O) groups excluding carboxylic acids is 3. The van der Waals surface area contributed by atoms with Crippen molar-refractivity contribution in [1.82, 2.24) is 0 Å². The van der Waals surface area contributed by atoms with Crippen molar-refractivity contribution >= 4 is 17.9 Å². The van der Waals surface area contributed by atoms with E-state index in [2.05, 4.69) is 9.78 Å². The maximum absolute atomic E-state index is 12.0. The Bertz CT molecular complexity index is 613. The molecule has 0 amide bonds. The van der Waals surface area contributed by atoms with E-state index in [1.807, 2.05) is 20.8 Å². The second kappa shape index (κ2) is 7.58. The first-order valence-corrected chi connectivity index (χ1v) is 7.68. The van der Waals surface area contributed by atoms with Crippen molar-refractivity contribution in [1.29, 1.82) is 0 Å². The van der Waals surface area contributed by atoms with Gasteiger partial charge >= 0.3 is 18.1 Å². The molecule has 1 saturated heterocycles. The first-order valence-electron chi connectivity index (χ1n) is 7.68. The van der Waals surface area contributed by atoms with Crippen molar-refractivity contribution in [3.05, 3.63) is 23.2 Å². The van der Waals surface area contributed by atoms with E-state index in [-0.39, 0.29) is 29.1 Å². The number of esters is 1. The quantitative estimate of drug-likeness (QED) is 0.235. The summed E-state index contributed by atoms with van der Waals surface area (Å²) in [4.78, 5) is 44.5. The highest BCUT2D eigenvalue weighted by Crippen LogP contribution is 2.23. The lowest BCUT2D eigenvalue weighted by atomic mass is 9.99. The van der Waals surface area contributed by atoms with Crippen LogP contribution >= 0.6 is 0 Å². The summed E-state index contributed by atoms with van der Waals surface area (Å²) in [6, 6.07) is 0. The highest BCUT2D eigenvalue weighted by atomic mass is 17.4. The molecule has 1 rings (SSSR count). The zero-order valence-electron chi connectivity index (χ0n) is 15.6. The third kappa shape index (κ3) is 7.73. The number of allylic oxidation sites excluding steroid dienone is 2. The number of ketones is 1. The molecule has 1 aliphatic rings. The van der Waals surface area contributed by atoms with Gasteiger partial charge in [-0.1, -0.05) is 20.8 Å². The van der Waals surface area contributed by atoms with Crippen LogP contribution in [0.1, 0.15) is 48.5 Å². The first-order chi connectivity index (χ1) is 11.3. The molecule has 0 unspecified atom stereocenters. The molecule has 0 atom stereocenters. The SMILES string of the molecule is CC(C(=O)/C=C(\C)C(=O)OC(C)(C)OC(=O)OCC(C)(C)C)=C1OO1. The van der Waals surface area contributed by atoms with E-state index in [4.69, 9.17) is 14.2 Å². The Kier molecular flexibility index (Phi) is 6.23. The topological polar surface area (TPSA) is 104 Å². The van der Waals surface area contributed by atoms with Crippen LogP contribution in [0.25, 0.3) is 0 Å². The number of carbonyl (C=O) groups is 3. The fraction of sp³-hybridized carbons (Fsp3) is 0.588. The summed E-state index contributed by atoms with van der Waals surface area (Å²) in [5, 5.41) is 0. The molecule has 0 radical (unpaired) electrons. The molecule has 0 spiro atoms. The fourth-order valence-corrected chi connectivity index (χ4v) is 1.44. The van der Waals surface area contributed by atoms with E-state index in [0.29, 0.717) is 0 Å². The van der Waals surface area contributed by atoms with E-state index in [1.165, 1.54) is 27.7 Å². The molecule has 8 nitrogen and oxygen atoms in total. The van der Waals surface area contributed by atoms with Crippen LogP contribution in [0.5, 0.6) is 0 Å². The molecule has 0 aromatic heterocycles. The average molecular weight is 356 g/mol. The highest BCUT2D eigenvalue weighted by molar-refractivity contribution is 6.08. The molecular formula is C17H24O8. The molecule has 1 heterocycles. The van der Waals surface area contributed by atoms with Gasteiger partial charge in [0.1, 0.15) is 0 Å². The molecule has 0 bridgehead atoms. The van der Waals surface area contributed by atoms with Crippen LogP contribution in [-0.2, 0) is 33.6 Å². The Balaban J connectivity index is 2.59. The van der Waals surface area contributed by atoms with E-state index in [1.54, 1.807) is 0 Å². The summed E-state index contributed by atoms with van der Waals surface area (Å²) in [5.74, 6) is -2.70. The summed E-state index contributed by atoms with van der Waals surface area (Å²) in [6.07, 6.45) is 0.137. The first kappa shape index (κ1) is 20.5. The number of hydrogen-bond acceptors (Lipinski definition) is 8. The van der Waals surface area contributed by atoms with Crippen LogP contribution in [0.15, 0.2) is 23.2 Å². The van der Waals surface area contributed by atoms with Crippen LogP contribution < -0.4 is 0 Å². The normalized spacial score (nSPS) is 14.0. The van der Waals surface area contributed by atoms with Gasteiger partial charge in [-0.15, -0.1) is 0 Å². The van der Waals surface area contributed by atoms with Crippen molar-refractivity contribution in [2.24, 2.45) is 5.41 Å². The van der Waals surface area contributed by atoms with Crippen LogP contribution in [0, 0.1) is 5.41 Å². The van der Waals surface area contributed by atoms with Gasteiger partial charge in [0.2, 0.25) is 0 Å². The second-order valence-corrected chi connectivity index (χ2v) is 7.26. The molecule has 0 N–H and O–H groups in total. The van der Waals surface area contributed by atoms with Gasteiger partial charge in [-0.25, -0.2) is 19.4 Å². The Labute approximate surface area is 146 Å². The molecule has 0 aromatic rings. The zero-order chi connectivity index (χ0) is 19.4. The molecule has 0 saturated carbocycles. The lowest BCUT2D eigenvalue weighted by Gasteiger charge is -2.25. The predicted molar refractivity (Wildman–Crippen MR) is 85.7 cm³/mol. The van der Waals surface area contributed by atoms with Gasteiger partial charge in [0.25, 0.3) is 5.79 Å². The van der Waals surface area contributed by atoms with Crippen LogP contribution in [0.4, 0.5) is 4.79 Å². The summed E-state index contributed by atoms with van der Waals surface area (Å²) in [5.41, 5.74) is 0.0414. The van der Waals surface area contributed by atoms with Crippen molar-refractivity contribution in [2.45, 2.75) is 54.3 Å². The number of ether oxygens (including phenoxy) is 3. The van der Waals surface area contributed by atoms with Crippen LogP contribution in [0.3, 0.4) is 0 Å². The minimum absolute atomic E-state index is 0.0327. The highest BCUT2D eigenvalue weighted by Gasteiger charge is 2.30. The third-order valence-electron chi connectivity index (χ3n) is 2.80. The van der Waals surface area contributed by atoms with Gasteiger partial charge < -0.3 is 14.2 Å². The number of hydrogen-bond donors (Lipinski definition) is 0. The van der Waals surface area contributed by atoms with Crippen molar-refractivity contribution < 1.29 is 38.4 Å². The Morgan fingerprint density at radius 3 is 2.04 bits per heavy atom. The molecular weight excluding hydrogens is 332 g/mol. The Morgan fingerprint density at radius 1 is 1.00 bits per heavy atom. The fourth-order valence-electron chi connectivity index (χ4n) is 1.44. The largest absolute Gasteiger partial charge is 0.511 e. The predicted octanol–water partition coefficient (Wildman–Crippen LogP) is 3.17. The van der Waals surface area contributed by atoms with Gasteiger partial charge in [-0.05, 0) is 25.3 Å². The molecule has 1 aliphatic heterocycles. The average Bonchev–Trinajstić information content (AvgIpc) is 3.26. The van der Waals surface area contributed by atoms with Crippen LogP contribution in [0.2, 0.25) is 0 Å². The molecule has 0 aromatic carbocycles. The minimum Gasteiger partial charge on any atom is -0.434 e. The third-order valence-corrected chi connectivity index (χ3v) is 2.80. The molecule has 0 aliphatic carbocycles. The van der Waals surface area contributed by atoms with Crippen molar-refractivity contribution in [3.63, 3.8) is 0 Å². The number of rotatable bonds is 6. The second-order valence-electron chi connectivity index (χ2n) is 7.26. The smallest absolute Gasteiger partial charge is 0.434 e. The van der Waals surface area contributed by atoms with Crippen molar-refractivity contribution in [3.8, 4) is 0 Å². The molecule has 8 heteroatoms. The van der Waals surface area contributed by atoms with E-state index >= 15 is 0 Å².